The molecule has 1 aliphatic rings. The van der Waals surface area contributed by atoms with E-state index in [1.807, 2.05) is 6.92 Å². The Kier molecular flexibility index (Phi) is 4.27. The van der Waals surface area contributed by atoms with Crippen LogP contribution in [0.15, 0.2) is 0 Å². The lowest BCUT2D eigenvalue weighted by Crippen LogP contribution is -2.52. The van der Waals surface area contributed by atoms with Crippen molar-refractivity contribution in [3.63, 3.8) is 0 Å². The molecule has 0 saturated carbocycles. The van der Waals surface area contributed by atoms with Gasteiger partial charge >= 0.3 is 0 Å². The predicted octanol–water partition coefficient (Wildman–Crippen LogP) is 0.940. The fourth-order valence-corrected chi connectivity index (χ4v) is 1.62. The van der Waals surface area contributed by atoms with Crippen molar-refractivity contribution in [2.24, 2.45) is 5.92 Å². The number of hydrogen-bond donors (Lipinski definition) is 1. The number of nitrogens with one attached hydrogen (secondary N) is 1. The summed E-state index contributed by atoms with van der Waals surface area (Å²) in [5, 5.41) is 3.54. The van der Waals surface area contributed by atoms with Crippen molar-refractivity contribution in [3.8, 4) is 11.8 Å². The van der Waals surface area contributed by atoms with Crippen molar-refractivity contribution in [2.75, 3.05) is 26.2 Å². The quantitative estimate of drug-likeness (QED) is 0.636. The van der Waals surface area contributed by atoms with Crippen LogP contribution in [0.25, 0.3) is 0 Å². The minimum Gasteiger partial charge on any atom is -0.311 e. The molecular weight excluding hydrogens is 160 g/mol. The topological polar surface area (TPSA) is 15.3 Å². The van der Waals surface area contributed by atoms with Crippen LogP contribution in [-0.2, 0) is 0 Å². The standard InChI is InChI=1S/C11H20N2/c1-4-5-7-13-8-6-12-11(9-13)10(2)3/h10-12H,6-9H2,1-3H3. The van der Waals surface area contributed by atoms with E-state index in [1.165, 1.54) is 0 Å². The van der Waals surface area contributed by atoms with Crippen molar-refractivity contribution in [2.45, 2.75) is 26.8 Å². The third kappa shape index (κ3) is 3.38. The van der Waals surface area contributed by atoms with Crippen LogP contribution in [0.3, 0.4) is 0 Å². The maximum Gasteiger partial charge on any atom is 0.0602 e. The third-order valence-electron chi connectivity index (χ3n) is 2.57. The van der Waals surface area contributed by atoms with Crippen LogP contribution >= 0.6 is 0 Å². The molecule has 1 aliphatic heterocycles. The monoisotopic (exact) mass is 180 g/mol. The number of hydrogen-bond acceptors (Lipinski definition) is 2. The SMILES string of the molecule is CC#CCN1CCNC(C(C)C)C1. The molecule has 0 radical (unpaired) electrons. The summed E-state index contributed by atoms with van der Waals surface area (Å²) >= 11 is 0. The summed E-state index contributed by atoms with van der Waals surface area (Å²) in [5.41, 5.74) is 0. The fourth-order valence-electron chi connectivity index (χ4n) is 1.62. The lowest BCUT2D eigenvalue weighted by molar-refractivity contribution is 0.192. The number of nitrogens with zero attached hydrogens (tertiary/aromatic N) is 1. The van der Waals surface area contributed by atoms with Crippen LogP contribution in [0.4, 0.5) is 0 Å². The lowest BCUT2D eigenvalue weighted by Gasteiger charge is -2.34. The van der Waals surface area contributed by atoms with Crippen LogP contribution in [-0.4, -0.2) is 37.1 Å². The molecule has 1 unspecified atom stereocenters. The Bertz CT molecular complexity index is 200. The maximum atomic E-state index is 3.54. The maximum absolute atomic E-state index is 3.54. The summed E-state index contributed by atoms with van der Waals surface area (Å²) < 4.78 is 0. The minimum absolute atomic E-state index is 0.646. The molecule has 13 heavy (non-hydrogen) atoms. The van der Waals surface area contributed by atoms with Gasteiger partial charge in [-0.15, -0.1) is 5.92 Å². The van der Waals surface area contributed by atoms with Gasteiger partial charge in [-0.2, -0.15) is 0 Å². The molecule has 0 bridgehead atoms. The molecule has 2 heteroatoms. The molecule has 1 saturated heterocycles. The summed E-state index contributed by atoms with van der Waals surface area (Å²) in [6.45, 7) is 10.8. The van der Waals surface area contributed by atoms with E-state index in [-0.39, 0.29) is 0 Å². The Morgan fingerprint density at radius 1 is 1.54 bits per heavy atom. The van der Waals surface area contributed by atoms with Gasteiger partial charge in [-0.3, -0.25) is 4.90 Å². The Balaban J connectivity index is 2.35. The third-order valence-corrected chi connectivity index (χ3v) is 2.57. The molecule has 1 rings (SSSR count). The first kappa shape index (κ1) is 10.6. The van der Waals surface area contributed by atoms with Gasteiger partial charge in [0, 0.05) is 25.7 Å². The molecule has 1 fully saturated rings. The van der Waals surface area contributed by atoms with E-state index in [9.17, 15) is 0 Å². The molecule has 1 N–H and O–H groups in total. The highest BCUT2D eigenvalue weighted by atomic mass is 15.2. The predicted molar refractivity (Wildman–Crippen MR) is 56.5 cm³/mol. The second-order valence-electron chi connectivity index (χ2n) is 3.97. The average Bonchev–Trinajstić information content (AvgIpc) is 2.15. The first-order chi connectivity index (χ1) is 6.24. The number of rotatable bonds is 2. The van der Waals surface area contributed by atoms with E-state index in [4.69, 9.17) is 0 Å². The molecule has 74 valence electrons. The van der Waals surface area contributed by atoms with Crippen molar-refractivity contribution >= 4 is 0 Å². The van der Waals surface area contributed by atoms with E-state index >= 15 is 0 Å². The fraction of sp³-hybridized carbons (Fsp3) is 0.818. The second kappa shape index (κ2) is 5.26. The van der Waals surface area contributed by atoms with Crippen molar-refractivity contribution in [1.82, 2.24) is 10.2 Å². The van der Waals surface area contributed by atoms with Gasteiger partial charge in [0.15, 0.2) is 0 Å². The zero-order valence-corrected chi connectivity index (χ0v) is 8.93. The molecule has 0 amide bonds. The van der Waals surface area contributed by atoms with Crippen LogP contribution in [0.2, 0.25) is 0 Å². The van der Waals surface area contributed by atoms with Gasteiger partial charge in [-0.25, -0.2) is 0 Å². The first-order valence-corrected chi connectivity index (χ1v) is 5.09. The lowest BCUT2D eigenvalue weighted by atomic mass is 10.0. The molecule has 2 nitrogen and oxygen atoms in total. The Labute approximate surface area is 81.7 Å². The molecule has 0 aliphatic carbocycles. The zero-order chi connectivity index (χ0) is 9.68. The van der Waals surface area contributed by atoms with Crippen molar-refractivity contribution in [3.05, 3.63) is 0 Å². The molecule has 1 atom stereocenters. The van der Waals surface area contributed by atoms with Crippen LogP contribution in [0.1, 0.15) is 20.8 Å². The van der Waals surface area contributed by atoms with E-state index in [0.717, 1.165) is 32.1 Å². The smallest absolute Gasteiger partial charge is 0.0602 e. The largest absolute Gasteiger partial charge is 0.311 e. The Morgan fingerprint density at radius 3 is 2.92 bits per heavy atom. The highest BCUT2D eigenvalue weighted by molar-refractivity contribution is 4.99. The van der Waals surface area contributed by atoms with Gasteiger partial charge in [-0.05, 0) is 12.8 Å². The summed E-state index contributed by atoms with van der Waals surface area (Å²) in [4.78, 5) is 2.43. The van der Waals surface area contributed by atoms with Gasteiger partial charge in [0.25, 0.3) is 0 Å². The normalized spacial score (nSPS) is 24.2. The van der Waals surface area contributed by atoms with Gasteiger partial charge in [-0.1, -0.05) is 19.8 Å². The van der Waals surface area contributed by atoms with Gasteiger partial charge in [0.2, 0.25) is 0 Å². The summed E-state index contributed by atoms with van der Waals surface area (Å²) in [6.07, 6.45) is 0. The molecule has 0 aromatic carbocycles. The highest BCUT2D eigenvalue weighted by Gasteiger charge is 2.20. The Hall–Kier alpha value is -0.520. The second-order valence-corrected chi connectivity index (χ2v) is 3.97. The van der Waals surface area contributed by atoms with Gasteiger partial charge in [0.1, 0.15) is 0 Å². The molecule has 0 spiro atoms. The van der Waals surface area contributed by atoms with Crippen LogP contribution in [0, 0.1) is 17.8 Å². The molecule has 0 aromatic rings. The van der Waals surface area contributed by atoms with E-state index < -0.39 is 0 Å². The minimum atomic E-state index is 0.646. The average molecular weight is 180 g/mol. The van der Waals surface area contributed by atoms with Crippen LogP contribution in [0.5, 0.6) is 0 Å². The first-order valence-electron chi connectivity index (χ1n) is 5.09. The van der Waals surface area contributed by atoms with Crippen molar-refractivity contribution < 1.29 is 0 Å². The summed E-state index contributed by atoms with van der Waals surface area (Å²) in [7, 11) is 0. The summed E-state index contributed by atoms with van der Waals surface area (Å²) in [6, 6.07) is 0.646. The molecule has 0 aromatic heterocycles. The van der Waals surface area contributed by atoms with Crippen molar-refractivity contribution in [1.29, 1.82) is 0 Å². The van der Waals surface area contributed by atoms with E-state index in [0.29, 0.717) is 6.04 Å². The Morgan fingerprint density at radius 2 is 2.31 bits per heavy atom. The van der Waals surface area contributed by atoms with Crippen LogP contribution < -0.4 is 5.32 Å². The summed E-state index contributed by atoms with van der Waals surface area (Å²) in [5.74, 6) is 6.79. The zero-order valence-electron chi connectivity index (χ0n) is 8.93. The van der Waals surface area contributed by atoms with Gasteiger partial charge in [0.05, 0.1) is 6.54 Å². The number of piperazine rings is 1. The molecule has 1 heterocycles. The highest BCUT2D eigenvalue weighted by Crippen LogP contribution is 2.07. The van der Waals surface area contributed by atoms with Gasteiger partial charge < -0.3 is 5.32 Å². The van der Waals surface area contributed by atoms with E-state index in [2.05, 4.69) is 35.9 Å². The van der Waals surface area contributed by atoms with E-state index in [1.54, 1.807) is 0 Å². The molecular formula is C11H20N2.